The van der Waals surface area contributed by atoms with Crippen LogP contribution in [0.5, 0.6) is 0 Å². The van der Waals surface area contributed by atoms with Crippen molar-refractivity contribution in [3.05, 3.63) is 33.0 Å². The molecule has 0 spiro atoms. The molecule has 0 bridgehead atoms. The van der Waals surface area contributed by atoms with Crippen LogP contribution in [0, 0.1) is 6.92 Å². The number of H-pyrrole nitrogens is 1. The summed E-state index contributed by atoms with van der Waals surface area (Å²) in [7, 11) is 0. The Bertz CT molecular complexity index is 737. The maximum absolute atomic E-state index is 12.9. The van der Waals surface area contributed by atoms with Crippen molar-refractivity contribution in [1.82, 2.24) is 25.0 Å². The molecule has 0 saturated carbocycles. The van der Waals surface area contributed by atoms with E-state index in [9.17, 15) is 4.79 Å². The zero-order chi connectivity index (χ0) is 16.5. The highest BCUT2D eigenvalue weighted by atomic mass is 32.1. The lowest BCUT2D eigenvalue weighted by molar-refractivity contribution is 0.0754. The van der Waals surface area contributed by atoms with Gasteiger partial charge in [-0.15, -0.1) is 11.3 Å². The van der Waals surface area contributed by atoms with Gasteiger partial charge in [0, 0.05) is 49.4 Å². The molecule has 128 valence electrons. The van der Waals surface area contributed by atoms with Crippen LogP contribution in [-0.2, 0) is 19.4 Å². The second kappa shape index (κ2) is 6.64. The van der Waals surface area contributed by atoms with Crippen LogP contribution in [0.3, 0.4) is 0 Å². The number of hydrogen-bond donors (Lipinski definition) is 1. The summed E-state index contributed by atoms with van der Waals surface area (Å²) in [6.07, 6.45) is 4.14. The molecule has 3 heterocycles. The Hall–Kier alpha value is -1.73. The highest BCUT2D eigenvalue weighted by Crippen LogP contribution is 2.24. The monoisotopic (exact) mass is 345 g/mol. The van der Waals surface area contributed by atoms with E-state index in [0.29, 0.717) is 5.69 Å². The lowest BCUT2D eigenvalue weighted by Gasteiger charge is -2.21. The molecule has 2 aliphatic rings. The van der Waals surface area contributed by atoms with Crippen molar-refractivity contribution in [2.24, 2.45) is 0 Å². The van der Waals surface area contributed by atoms with E-state index < -0.39 is 0 Å². The highest BCUT2D eigenvalue weighted by molar-refractivity contribution is 7.09. The Morgan fingerprint density at radius 2 is 2.17 bits per heavy atom. The van der Waals surface area contributed by atoms with Crippen LogP contribution in [-0.4, -0.2) is 57.1 Å². The van der Waals surface area contributed by atoms with E-state index in [1.807, 2.05) is 11.8 Å². The van der Waals surface area contributed by atoms with E-state index in [1.54, 1.807) is 11.3 Å². The number of nitrogens with zero attached hydrogens (tertiary/aromatic N) is 4. The van der Waals surface area contributed by atoms with Crippen molar-refractivity contribution >= 4 is 17.2 Å². The number of aryl methyl sites for hydroxylation is 2. The number of nitrogens with one attached hydrogen (secondary N) is 1. The summed E-state index contributed by atoms with van der Waals surface area (Å²) in [4.78, 5) is 21.8. The molecule has 24 heavy (non-hydrogen) atoms. The number of rotatable bonds is 3. The molecule has 1 fully saturated rings. The molecule has 1 amide bonds. The van der Waals surface area contributed by atoms with Crippen LogP contribution in [0.2, 0.25) is 0 Å². The molecule has 4 rings (SSSR count). The van der Waals surface area contributed by atoms with Gasteiger partial charge in [-0.3, -0.25) is 14.8 Å². The number of carbonyl (C=O) groups excluding carboxylic acids is 1. The van der Waals surface area contributed by atoms with E-state index in [4.69, 9.17) is 0 Å². The van der Waals surface area contributed by atoms with Crippen LogP contribution < -0.4 is 0 Å². The van der Waals surface area contributed by atoms with Gasteiger partial charge in [0.15, 0.2) is 5.69 Å². The average molecular weight is 345 g/mol. The summed E-state index contributed by atoms with van der Waals surface area (Å²) in [6.45, 7) is 6.41. The summed E-state index contributed by atoms with van der Waals surface area (Å²) in [5.74, 6) is 0.0979. The summed E-state index contributed by atoms with van der Waals surface area (Å²) >= 11 is 1.70. The number of carbonyl (C=O) groups is 1. The molecule has 2 aromatic heterocycles. The van der Waals surface area contributed by atoms with Crippen LogP contribution in [0.25, 0.3) is 0 Å². The van der Waals surface area contributed by atoms with Gasteiger partial charge in [-0.25, -0.2) is 4.98 Å². The Labute approximate surface area is 145 Å². The van der Waals surface area contributed by atoms with Gasteiger partial charge in [-0.05, 0) is 32.6 Å². The SMILES string of the molecule is Cc1nc(CN2CCCN(C(=O)c3n[nH]c4c3CCC4)CC2)cs1. The van der Waals surface area contributed by atoms with Crippen molar-refractivity contribution in [2.45, 2.75) is 39.2 Å². The molecule has 2 aromatic rings. The van der Waals surface area contributed by atoms with Gasteiger partial charge in [0.05, 0.1) is 10.7 Å². The van der Waals surface area contributed by atoms with E-state index in [2.05, 4.69) is 25.5 Å². The Balaban J connectivity index is 1.40. The maximum atomic E-state index is 12.9. The fraction of sp³-hybridized carbons (Fsp3) is 0.588. The Morgan fingerprint density at radius 3 is 3.00 bits per heavy atom. The molecule has 1 aliphatic carbocycles. The second-order valence-electron chi connectivity index (χ2n) is 6.66. The second-order valence-corrected chi connectivity index (χ2v) is 7.72. The summed E-state index contributed by atoms with van der Waals surface area (Å²) in [5.41, 5.74) is 4.11. The first-order valence-electron chi connectivity index (χ1n) is 8.69. The minimum atomic E-state index is 0.0979. The van der Waals surface area contributed by atoms with Gasteiger partial charge in [0.25, 0.3) is 5.91 Å². The van der Waals surface area contributed by atoms with Gasteiger partial charge in [-0.2, -0.15) is 5.10 Å². The zero-order valence-corrected chi connectivity index (χ0v) is 14.9. The molecular formula is C17H23N5OS. The highest BCUT2D eigenvalue weighted by Gasteiger charge is 2.27. The number of amides is 1. The predicted octanol–water partition coefficient (Wildman–Crippen LogP) is 2.01. The molecule has 1 saturated heterocycles. The number of hydrogen-bond acceptors (Lipinski definition) is 5. The average Bonchev–Trinajstić information content (AvgIpc) is 3.22. The number of thiazole rings is 1. The van der Waals surface area contributed by atoms with Gasteiger partial charge in [0.1, 0.15) is 0 Å². The van der Waals surface area contributed by atoms with Crippen LogP contribution in [0.1, 0.15) is 45.3 Å². The lowest BCUT2D eigenvalue weighted by Crippen LogP contribution is -2.35. The zero-order valence-electron chi connectivity index (χ0n) is 14.0. The molecule has 0 radical (unpaired) electrons. The normalized spacial score (nSPS) is 18.6. The molecule has 1 aliphatic heterocycles. The van der Waals surface area contributed by atoms with Crippen molar-refractivity contribution in [3.63, 3.8) is 0 Å². The maximum Gasteiger partial charge on any atom is 0.274 e. The third kappa shape index (κ3) is 3.10. The van der Waals surface area contributed by atoms with Crippen LogP contribution >= 0.6 is 11.3 Å². The smallest absolute Gasteiger partial charge is 0.274 e. The van der Waals surface area contributed by atoms with Crippen molar-refractivity contribution in [3.8, 4) is 0 Å². The molecular weight excluding hydrogens is 322 g/mol. The molecule has 0 atom stereocenters. The minimum absolute atomic E-state index is 0.0979. The first-order valence-corrected chi connectivity index (χ1v) is 9.57. The standard InChI is InChI=1S/C17H23N5OS/c1-12-18-13(11-24-12)10-21-6-3-7-22(9-8-21)17(23)16-14-4-2-5-15(14)19-20-16/h11H,2-10H2,1H3,(H,19,20). The Morgan fingerprint density at radius 1 is 1.25 bits per heavy atom. The molecule has 0 unspecified atom stereocenters. The number of aromatic nitrogens is 3. The third-order valence-corrected chi connectivity index (χ3v) is 5.76. The van der Waals surface area contributed by atoms with E-state index >= 15 is 0 Å². The summed E-state index contributed by atoms with van der Waals surface area (Å²) < 4.78 is 0. The quantitative estimate of drug-likeness (QED) is 0.924. The predicted molar refractivity (Wildman–Crippen MR) is 93.3 cm³/mol. The van der Waals surface area contributed by atoms with Crippen LogP contribution in [0.4, 0.5) is 0 Å². The van der Waals surface area contributed by atoms with E-state index in [1.165, 1.54) is 0 Å². The van der Waals surface area contributed by atoms with Crippen molar-refractivity contribution < 1.29 is 4.79 Å². The Kier molecular flexibility index (Phi) is 4.37. The molecule has 6 nitrogen and oxygen atoms in total. The largest absolute Gasteiger partial charge is 0.336 e. The van der Waals surface area contributed by atoms with Crippen molar-refractivity contribution in [2.75, 3.05) is 26.2 Å². The fourth-order valence-electron chi connectivity index (χ4n) is 3.69. The van der Waals surface area contributed by atoms with Gasteiger partial charge >= 0.3 is 0 Å². The summed E-state index contributed by atoms with van der Waals surface area (Å²) in [5, 5.41) is 10.6. The van der Waals surface area contributed by atoms with E-state index in [0.717, 1.165) is 80.4 Å². The summed E-state index contributed by atoms with van der Waals surface area (Å²) in [6, 6.07) is 0. The number of aromatic amines is 1. The third-order valence-electron chi connectivity index (χ3n) is 4.94. The van der Waals surface area contributed by atoms with Crippen LogP contribution in [0.15, 0.2) is 5.38 Å². The topological polar surface area (TPSA) is 65.1 Å². The van der Waals surface area contributed by atoms with E-state index in [-0.39, 0.29) is 5.91 Å². The van der Waals surface area contributed by atoms with Gasteiger partial charge < -0.3 is 4.90 Å². The first kappa shape index (κ1) is 15.8. The molecule has 1 N–H and O–H groups in total. The van der Waals surface area contributed by atoms with Gasteiger partial charge in [-0.1, -0.05) is 0 Å². The first-order chi connectivity index (χ1) is 11.7. The van der Waals surface area contributed by atoms with Gasteiger partial charge in [0.2, 0.25) is 0 Å². The fourth-order valence-corrected chi connectivity index (χ4v) is 4.29. The minimum Gasteiger partial charge on any atom is -0.336 e. The van der Waals surface area contributed by atoms with Crippen molar-refractivity contribution in [1.29, 1.82) is 0 Å². The molecule has 0 aromatic carbocycles. The molecule has 7 heteroatoms. The lowest BCUT2D eigenvalue weighted by atomic mass is 10.2. The number of fused-ring (bicyclic) bond motifs is 1.